The molecule has 2 saturated heterocycles. The molecule has 0 radical (unpaired) electrons. The summed E-state index contributed by atoms with van der Waals surface area (Å²) in [4.78, 5) is 0. The first kappa shape index (κ1) is 36.0. The summed E-state index contributed by atoms with van der Waals surface area (Å²) >= 11 is 0. The predicted octanol–water partition coefficient (Wildman–Crippen LogP) is 13.9. The fraction of sp³-hybridized carbons (Fsp3) is 0.161. The zero-order valence-corrected chi connectivity index (χ0v) is 36.3. The van der Waals surface area contributed by atoms with E-state index in [-0.39, 0.29) is 20.2 Å². The van der Waals surface area contributed by atoms with Crippen LogP contribution in [-0.2, 0) is 20.2 Å². The van der Waals surface area contributed by atoms with Crippen LogP contribution in [0.1, 0.15) is 57.3 Å². The van der Waals surface area contributed by atoms with Gasteiger partial charge >= 0.3 is 0 Å². The summed E-state index contributed by atoms with van der Waals surface area (Å²) in [6, 6.07) is 96.0. The SMILES string of the molecule is c1ccc(C2=C(c3ccccc3)[C@@]3(c4ccccc4)[C@H]4C[C@H]4[C@]2(c2ccccc2)[Si]32[C@]3(c4ccccc4)C(c4ccccc4)=C(c4ccccc4)[C@@]2(c2ccccc2)[C@@H]2C[C@@H]23)cc1. The van der Waals surface area contributed by atoms with Crippen LogP contribution >= 0.6 is 0 Å². The Bertz CT molecular complexity index is 2680. The van der Waals surface area contributed by atoms with E-state index < -0.39 is 8.07 Å². The minimum Gasteiger partial charge on any atom is -0.0622 e. The maximum absolute atomic E-state index is 3.38. The van der Waals surface area contributed by atoms with Gasteiger partial charge in [0.2, 0.25) is 0 Å². The summed E-state index contributed by atoms with van der Waals surface area (Å²) in [5.74, 6) is 1.91. The summed E-state index contributed by atoms with van der Waals surface area (Å²) in [5.41, 5.74) is 18.2. The minimum atomic E-state index is -3.38. The van der Waals surface area contributed by atoms with Crippen LogP contribution in [0.5, 0.6) is 0 Å². The van der Waals surface area contributed by atoms with E-state index in [9.17, 15) is 0 Å². The largest absolute Gasteiger partial charge is 0.119 e. The summed E-state index contributed by atoms with van der Waals surface area (Å²) in [7, 11) is -3.38. The molecule has 0 aromatic heterocycles. The standard InChI is InChI=1S/C62H48Si/c1-9-25-43(26-10-1)55-56(44-27-11-2-12-28-44)60(48-35-19-6-20-36-48)52-41-51(52)59(55,47-33-17-5-18-34-47)63(60)61(49-37-21-7-22-38-49)53-42-54(53)62(63,50-39-23-8-24-40-50)58(46-31-15-4-16-32-46)57(61)45-29-13-3-14-30-45/h1-40,51-54H,41-42H2/t51-,52+,53-,54+,59-,60+,61+,62-,63?. The Hall–Kier alpha value is -6.54. The molecule has 2 saturated carbocycles. The number of hydrogen-bond acceptors (Lipinski definition) is 0. The van der Waals surface area contributed by atoms with Crippen molar-refractivity contribution in [3.8, 4) is 0 Å². The first-order chi connectivity index (χ1) is 31.3. The van der Waals surface area contributed by atoms with Crippen LogP contribution in [0.3, 0.4) is 0 Å². The zero-order chi connectivity index (χ0) is 41.4. The smallest absolute Gasteiger partial charge is 0.0622 e. The average molecular weight is 821 g/mol. The molecule has 1 unspecified atom stereocenters. The Kier molecular flexibility index (Phi) is 7.30. The summed E-state index contributed by atoms with van der Waals surface area (Å²) in [5, 5.41) is -1.12. The molecule has 14 rings (SSSR count). The second-order valence-corrected chi connectivity index (χ2v) is 24.0. The van der Waals surface area contributed by atoms with Gasteiger partial charge in [0.15, 0.2) is 0 Å². The molecule has 4 heterocycles. The Morgan fingerprint density at radius 1 is 0.238 bits per heavy atom. The molecule has 6 aliphatic rings. The molecule has 0 nitrogen and oxygen atoms in total. The third kappa shape index (κ3) is 3.90. The van der Waals surface area contributed by atoms with Crippen LogP contribution in [0, 0.1) is 23.7 Å². The molecule has 4 bridgehead atoms. The van der Waals surface area contributed by atoms with Crippen molar-refractivity contribution in [2.45, 2.75) is 33.0 Å². The van der Waals surface area contributed by atoms with Gasteiger partial charge < -0.3 is 0 Å². The van der Waals surface area contributed by atoms with E-state index >= 15 is 0 Å². The van der Waals surface area contributed by atoms with Gasteiger partial charge in [0.1, 0.15) is 8.07 Å². The topological polar surface area (TPSA) is 0 Å². The molecule has 9 atom stereocenters. The van der Waals surface area contributed by atoms with Crippen LogP contribution in [0.15, 0.2) is 243 Å². The van der Waals surface area contributed by atoms with Crippen molar-refractivity contribution >= 4 is 30.4 Å². The van der Waals surface area contributed by atoms with Crippen molar-refractivity contribution in [1.82, 2.24) is 0 Å². The van der Waals surface area contributed by atoms with Gasteiger partial charge in [0, 0.05) is 20.2 Å². The quantitative estimate of drug-likeness (QED) is 0.134. The van der Waals surface area contributed by atoms with Crippen LogP contribution in [0.2, 0.25) is 0 Å². The maximum atomic E-state index is 2.59. The Morgan fingerprint density at radius 2 is 0.413 bits per heavy atom. The van der Waals surface area contributed by atoms with Crippen molar-refractivity contribution in [2.75, 3.05) is 0 Å². The summed E-state index contributed by atoms with van der Waals surface area (Å²) < 4.78 is 0. The van der Waals surface area contributed by atoms with Crippen LogP contribution in [0.25, 0.3) is 22.3 Å². The average Bonchev–Trinajstić information content (AvgIpc) is 4.30. The molecule has 63 heavy (non-hydrogen) atoms. The lowest BCUT2D eigenvalue weighted by molar-refractivity contribution is 0.584. The number of rotatable bonds is 8. The Balaban J connectivity index is 1.33. The molecule has 0 amide bonds. The number of fused-ring (bicyclic) bond motifs is 6. The second kappa shape index (κ2) is 12.8. The number of hydrogen-bond donors (Lipinski definition) is 0. The molecule has 8 aromatic rings. The highest BCUT2D eigenvalue weighted by Crippen LogP contribution is 2.99. The molecular formula is C62H48Si. The van der Waals surface area contributed by atoms with E-state index in [0.29, 0.717) is 23.7 Å². The van der Waals surface area contributed by atoms with Gasteiger partial charge in [-0.05, 0) is 103 Å². The molecule has 4 fully saturated rings. The van der Waals surface area contributed by atoms with Crippen LogP contribution in [-0.4, -0.2) is 8.07 Å². The van der Waals surface area contributed by atoms with Crippen molar-refractivity contribution in [3.05, 3.63) is 287 Å². The van der Waals surface area contributed by atoms with Gasteiger partial charge in [0.05, 0.1) is 0 Å². The maximum Gasteiger partial charge on any atom is 0.119 e. The number of benzene rings is 8. The highest BCUT2D eigenvalue weighted by molar-refractivity contribution is 7.02. The molecule has 1 heteroatoms. The molecule has 1 spiro atoms. The highest BCUT2D eigenvalue weighted by Gasteiger charge is 3.04. The molecule has 2 aliphatic carbocycles. The van der Waals surface area contributed by atoms with Crippen molar-refractivity contribution in [3.63, 3.8) is 0 Å². The van der Waals surface area contributed by atoms with Crippen LogP contribution < -0.4 is 0 Å². The van der Waals surface area contributed by atoms with E-state index in [2.05, 4.69) is 243 Å². The van der Waals surface area contributed by atoms with Gasteiger partial charge in [0.25, 0.3) is 0 Å². The first-order valence-electron chi connectivity index (χ1n) is 23.2. The highest BCUT2D eigenvalue weighted by atomic mass is 28.3. The van der Waals surface area contributed by atoms with E-state index in [0.717, 1.165) is 0 Å². The van der Waals surface area contributed by atoms with Gasteiger partial charge in [-0.2, -0.15) is 0 Å². The van der Waals surface area contributed by atoms with Crippen molar-refractivity contribution < 1.29 is 0 Å². The van der Waals surface area contributed by atoms with Crippen molar-refractivity contribution in [1.29, 1.82) is 0 Å². The van der Waals surface area contributed by atoms with E-state index in [1.807, 2.05) is 0 Å². The monoisotopic (exact) mass is 820 g/mol. The predicted molar refractivity (Wildman–Crippen MR) is 261 cm³/mol. The van der Waals surface area contributed by atoms with Crippen LogP contribution in [0.4, 0.5) is 0 Å². The fourth-order valence-electron chi connectivity index (χ4n) is 16.6. The van der Waals surface area contributed by atoms with Gasteiger partial charge in [-0.1, -0.05) is 243 Å². The third-order valence-corrected chi connectivity index (χ3v) is 25.8. The normalized spacial score (nSPS) is 32.5. The van der Waals surface area contributed by atoms with E-state index in [1.165, 1.54) is 57.3 Å². The molecule has 8 aromatic carbocycles. The first-order valence-corrected chi connectivity index (χ1v) is 25.2. The second-order valence-electron chi connectivity index (χ2n) is 19.3. The molecule has 300 valence electrons. The third-order valence-electron chi connectivity index (χ3n) is 17.4. The lowest BCUT2D eigenvalue weighted by Gasteiger charge is -2.63. The fourth-order valence-corrected chi connectivity index (χ4v) is 28.8. The summed E-state index contributed by atoms with van der Waals surface area (Å²) in [6.45, 7) is 0. The molecule has 0 N–H and O–H groups in total. The Morgan fingerprint density at radius 3 is 0.603 bits per heavy atom. The van der Waals surface area contributed by atoms with E-state index in [4.69, 9.17) is 0 Å². The van der Waals surface area contributed by atoms with Crippen molar-refractivity contribution in [2.24, 2.45) is 23.7 Å². The minimum absolute atomic E-state index is 0.281. The van der Waals surface area contributed by atoms with Gasteiger partial charge in [-0.25, -0.2) is 0 Å². The Labute approximate surface area is 372 Å². The zero-order valence-electron chi connectivity index (χ0n) is 35.3. The van der Waals surface area contributed by atoms with Gasteiger partial charge in [-0.15, -0.1) is 0 Å². The van der Waals surface area contributed by atoms with E-state index in [1.54, 1.807) is 22.3 Å². The lowest BCUT2D eigenvalue weighted by atomic mass is 9.68. The summed E-state index contributed by atoms with van der Waals surface area (Å²) in [6.07, 6.45) is 2.44. The number of allylic oxidation sites excluding steroid dienone is 4. The van der Waals surface area contributed by atoms with Gasteiger partial charge in [-0.3, -0.25) is 0 Å². The lowest BCUT2D eigenvalue weighted by Crippen LogP contribution is -2.79. The molecular weight excluding hydrogens is 773 g/mol. The molecule has 4 aliphatic heterocycles.